The third-order valence-corrected chi connectivity index (χ3v) is 4.86. The van der Waals surface area contributed by atoms with Crippen molar-refractivity contribution < 1.29 is 9.36 Å². The smallest absolute Gasteiger partial charge is 0.196 e. The van der Waals surface area contributed by atoms with Gasteiger partial charge in [-0.2, -0.15) is 0 Å². The van der Waals surface area contributed by atoms with Crippen molar-refractivity contribution in [3.05, 3.63) is 69.2 Å². The van der Waals surface area contributed by atoms with Crippen LogP contribution in [0.5, 0.6) is 0 Å². The van der Waals surface area contributed by atoms with Crippen molar-refractivity contribution in [1.82, 2.24) is 0 Å². The molecule has 0 aliphatic rings. The molecule has 0 fully saturated rings. The van der Waals surface area contributed by atoms with Crippen LogP contribution in [0.2, 0.25) is 10.0 Å². The lowest BCUT2D eigenvalue weighted by molar-refractivity contribution is 0.103. The van der Waals surface area contributed by atoms with E-state index in [1.54, 1.807) is 30.3 Å². The zero-order valence-electron chi connectivity index (χ0n) is 12.1. The van der Waals surface area contributed by atoms with Crippen molar-refractivity contribution >= 4 is 37.4 Å². The van der Waals surface area contributed by atoms with Crippen LogP contribution >= 0.6 is 31.7 Å². The molecule has 0 heterocycles. The van der Waals surface area contributed by atoms with Crippen molar-refractivity contribution in [1.29, 1.82) is 0 Å². The molecule has 0 bridgehead atoms. The quantitative estimate of drug-likeness (QED) is 0.447. The molecule has 2 aromatic carbocycles. The summed E-state index contributed by atoms with van der Waals surface area (Å²) in [6.07, 6.45) is 1.63. The summed E-state index contributed by atoms with van der Waals surface area (Å²) in [5, 5.41) is 0.637. The Bertz CT molecular complexity index is 681. The first kappa shape index (κ1) is 17.1. The number of hydrogen-bond donors (Lipinski definition) is 0. The predicted molar refractivity (Wildman–Crippen MR) is 91.6 cm³/mol. The highest BCUT2D eigenvalue weighted by atomic mass is 35.5. The van der Waals surface area contributed by atoms with E-state index in [0.717, 1.165) is 18.4 Å². The molecular formula is C17H15Cl2O2P. The molecule has 22 heavy (non-hydrogen) atoms. The first-order chi connectivity index (χ1) is 10.6. The molecule has 2 rings (SSSR count). The van der Waals surface area contributed by atoms with Crippen LogP contribution in [0.25, 0.3) is 0 Å². The Hall–Kier alpha value is -1.21. The molecule has 0 aliphatic carbocycles. The maximum Gasteiger partial charge on any atom is 0.196 e. The second-order valence-corrected chi connectivity index (χ2v) is 6.57. The highest BCUT2D eigenvalue weighted by Crippen LogP contribution is 2.36. The molecule has 0 aromatic heterocycles. The minimum absolute atomic E-state index is 0.0104. The summed E-state index contributed by atoms with van der Waals surface area (Å²) in [5.74, 6) is -0.240. The van der Waals surface area contributed by atoms with E-state index in [-0.39, 0.29) is 25.5 Å². The van der Waals surface area contributed by atoms with E-state index in [4.69, 9.17) is 23.2 Å². The summed E-state index contributed by atoms with van der Waals surface area (Å²) in [6, 6.07) is 12.2. The average molecular weight is 353 g/mol. The van der Waals surface area contributed by atoms with Gasteiger partial charge in [0.15, 0.2) is 14.2 Å². The number of halogens is 2. The van der Waals surface area contributed by atoms with E-state index in [0.29, 0.717) is 15.6 Å². The summed E-state index contributed by atoms with van der Waals surface area (Å²) in [4.78, 5) is 12.9. The van der Waals surface area contributed by atoms with Crippen LogP contribution in [0.3, 0.4) is 0 Å². The maximum absolute atomic E-state index is 12.9. The van der Waals surface area contributed by atoms with Gasteiger partial charge in [0.25, 0.3) is 0 Å². The Morgan fingerprint density at radius 2 is 1.73 bits per heavy atom. The molecule has 0 N–H and O–H groups in total. The largest absolute Gasteiger partial charge is 0.288 e. The van der Waals surface area contributed by atoms with Crippen LogP contribution in [0, 0.1) is 0 Å². The number of benzene rings is 2. The fraction of sp³-hybridized carbons (Fsp3) is 0.235. The monoisotopic (exact) mass is 352 g/mol. The number of carbonyl (C=O) groups excluding carboxylic acids is 1. The number of hydrogen-bond acceptors (Lipinski definition) is 2. The zero-order chi connectivity index (χ0) is 16.1. The van der Waals surface area contributed by atoms with Crippen molar-refractivity contribution in [2.75, 3.05) is 0 Å². The van der Waals surface area contributed by atoms with Gasteiger partial charge in [0.1, 0.15) is 0 Å². The van der Waals surface area contributed by atoms with Crippen LogP contribution in [0.1, 0.15) is 46.9 Å². The second-order valence-electron chi connectivity index (χ2n) is 4.92. The van der Waals surface area contributed by atoms with E-state index in [1.807, 2.05) is 19.1 Å². The second kappa shape index (κ2) is 7.87. The predicted octanol–water partition coefficient (Wildman–Crippen LogP) is 6.36. The molecule has 2 nitrogen and oxygen atoms in total. The lowest BCUT2D eigenvalue weighted by atomic mass is 9.95. The third-order valence-electron chi connectivity index (χ3n) is 3.44. The SMILES string of the molecule is CCCC(P=O)c1ccccc1C(=O)c1c(Cl)cccc1Cl. The first-order valence-corrected chi connectivity index (χ1v) is 8.64. The fourth-order valence-electron chi connectivity index (χ4n) is 2.38. The van der Waals surface area contributed by atoms with Gasteiger partial charge in [0, 0.05) is 5.56 Å². The van der Waals surface area contributed by atoms with Crippen LogP contribution in [-0.4, -0.2) is 5.78 Å². The van der Waals surface area contributed by atoms with Gasteiger partial charge < -0.3 is 0 Å². The molecule has 2 aromatic rings. The van der Waals surface area contributed by atoms with Crippen molar-refractivity contribution in [3.8, 4) is 0 Å². The normalized spacial score (nSPS) is 12.3. The number of carbonyl (C=O) groups is 1. The molecule has 0 radical (unpaired) electrons. The zero-order valence-corrected chi connectivity index (χ0v) is 14.5. The van der Waals surface area contributed by atoms with Crippen molar-refractivity contribution in [3.63, 3.8) is 0 Å². The Balaban J connectivity index is 2.53. The van der Waals surface area contributed by atoms with Crippen LogP contribution in [-0.2, 0) is 4.57 Å². The minimum Gasteiger partial charge on any atom is -0.288 e. The maximum atomic E-state index is 12.9. The van der Waals surface area contributed by atoms with Crippen LogP contribution in [0.15, 0.2) is 42.5 Å². The van der Waals surface area contributed by atoms with E-state index < -0.39 is 0 Å². The van der Waals surface area contributed by atoms with E-state index in [9.17, 15) is 9.36 Å². The van der Waals surface area contributed by atoms with E-state index in [1.165, 1.54) is 0 Å². The molecule has 0 spiro atoms. The molecule has 0 aliphatic heterocycles. The summed E-state index contributed by atoms with van der Waals surface area (Å²) < 4.78 is 11.5. The lowest BCUT2D eigenvalue weighted by Crippen LogP contribution is -2.08. The number of ketones is 1. The first-order valence-electron chi connectivity index (χ1n) is 7.00. The van der Waals surface area contributed by atoms with Gasteiger partial charge >= 0.3 is 0 Å². The summed E-state index contributed by atoms with van der Waals surface area (Å²) in [5.41, 5.74) is 1.35. The summed E-state index contributed by atoms with van der Waals surface area (Å²) >= 11 is 12.3. The average Bonchev–Trinajstić information content (AvgIpc) is 2.52. The molecule has 0 amide bonds. The molecule has 1 atom stereocenters. The van der Waals surface area contributed by atoms with E-state index in [2.05, 4.69) is 0 Å². The molecular weight excluding hydrogens is 338 g/mol. The molecule has 114 valence electrons. The standard InChI is InChI=1S/C17H15Cl2O2P/c1-2-6-15(22-21)11-7-3-4-8-12(11)17(20)16-13(18)9-5-10-14(16)19/h3-5,7-10,15H,2,6H2,1H3. The summed E-state index contributed by atoms with van der Waals surface area (Å²) in [7, 11) is 0.0104. The topological polar surface area (TPSA) is 34.1 Å². The lowest BCUT2D eigenvalue weighted by Gasteiger charge is -2.14. The molecule has 5 heteroatoms. The summed E-state index contributed by atoms with van der Waals surface area (Å²) in [6.45, 7) is 2.02. The van der Waals surface area contributed by atoms with Gasteiger partial charge in [0.05, 0.1) is 21.3 Å². The highest BCUT2D eigenvalue weighted by Gasteiger charge is 2.22. The third kappa shape index (κ3) is 3.57. The Labute approximate surface area is 141 Å². The van der Waals surface area contributed by atoms with Gasteiger partial charge in [-0.05, 0) is 24.1 Å². The minimum atomic E-state index is -0.240. The molecule has 0 saturated carbocycles. The fourth-order valence-corrected chi connectivity index (χ4v) is 3.65. The Morgan fingerprint density at radius 1 is 1.09 bits per heavy atom. The highest BCUT2D eigenvalue weighted by molar-refractivity contribution is 7.24. The van der Waals surface area contributed by atoms with Crippen LogP contribution in [0.4, 0.5) is 0 Å². The van der Waals surface area contributed by atoms with Gasteiger partial charge in [-0.15, -0.1) is 0 Å². The molecule has 0 saturated heterocycles. The van der Waals surface area contributed by atoms with Crippen LogP contribution < -0.4 is 0 Å². The van der Waals surface area contributed by atoms with Gasteiger partial charge in [-0.1, -0.05) is 66.9 Å². The molecule has 1 unspecified atom stereocenters. The Kier molecular flexibility index (Phi) is 6.14. The Morgan fingerprint density at radius 3 is 2.32 bits per heavy atom. The van der Waals surface area contributed by atoms with Crippen molar-refractivity contribution in [2.24, 2.45) is 0 Å². The van der Waals surface area contributed by atoms with Gasteiger partial charge in [0.2, 0.25) is 0 Å². The van der Waals surface area contributed by atoms with Gasteiger partial charge in [-0.25, -0.2) is 0 Å². The van der Waals surface area contributed by atoms with Gasteiger partial charge in [-0.3, -0.25) is 9.36 Å². The number of rotatable bonds is 6. The van der Waals surface area contributed by atoms with E-state index >= 15 is 0 Å². The van der Waals surface area contributed by atoms with Crippen molar-refractivity contribution in [2.45, 2.75) is 25.4 Å².